The smallest absolute Gasteiger partial charge is 0.0480 e. The molecular formula is C20H22BrClN2. The van der Waals surface area contributed by atoms with Crippen molar-refractivity contribution in [3.05, 3.63) is 69.8 Å². The number of halogens is 2. The van der Waals surface area contributed by atoms with Crippen molar-refractivity contribution in [3.8, 4) is 0 Å². The summed E-state index contributed by atoms with van der Waals surface area (Å²) in [6.07, 6.45) is 3.60. The first-order chi connectivity index (χ1) is 11.2. The summed E-state index contributed by atoms with van der Waals surface area (Å²) >= 11 is 3.60. The van der Waals surface area contributed by atoms with Gasteiger partial charge in [0, 0.05) is 33.2 Å². The Bertz CT molecular complexity index is 828. The molecule has 4 heteroatoms. The summed E-state index contributed by atoms with van der Waals surface area (Å²) in [5.41, 5.74) is 5.47. The van der Waals surface area contributed by atoms with Crippen LogP contribution >= 0.6 is 28.3 Å². The molecule has 1 aromatic heterocycles. The lowest BCUT2D eigenvalue weighted by Crippen LogP contribution is -2.27. The number of benzene rings is 2. The van der Waals surface area contributed by atoms with Gasteiger partial charge in [-0.3, -0.25) is 0 Å². The van der Waals surface area contributed by atoms with Gasteiger partial charge in [0.05, 0.1) is 0 Å². The molecule has 0 spiro atoms. The maximum Gasteiger partial charge on any atom is 0.0480 e. The Balaban J connectivity index is 0.00000169. The molecule has 0 bridgehead atoms. The topological polar surface area (TPSA) is 27.8 Å². The molecule has 2 aromatic carbocycles. The normalized spacial score (nSPS) is 18.0. The first-order valence-electron chi connectivity index (χ1n) is 8.33. The minimum atomic E-state index is 0. The maximum absolute atomic E-state index is 3.82. The molecule has 1 unspecified atom stereocenters. The fourth-order valence-electron chi connectivity index (χ4n) is 3.74. The second-order valence-electron chi connectivity index (χ2n) is 6.45. The Morgan fingerprint density at radius 3 is 2.75 bits per heavy atom. The van der Waals surface area contributed by atoms with Crippen molar-refractivity contribution in [2.45, 2.75) is 38.3 Å². The van der Waals surface area contributed by atoms with Crippen molar-refractivity contribution in [1.29, 1.82) is 0 Å². The Morgan fingerprint density at radius 2 is 1.96 bits per heavy atom. The molecule has 1 heterocycles. The van der Waals surface area contributed by atoms with Crippen LogP contribution in [0.25, 0.3) is 10.9 Å². The first kappa shape index (κ1) is 17.5. The fraction of sp³-hybridized carbons (Fsp3) is 0.300. The highest BCUT2D eigenvalue weighted by Gasteiger charge is 2.25. The molecule has 0 saturated heterocycles. The number of hydrogen-bond acceptors (Lipinski definition) is 1. The molecule has 0 radical (unpaired) electrons. The van der Waals surface area contributed by atoms with Crippen LogP contribution in [-0.2, 0) is 6.42 Å². The lowest BCUT2D eigenvalue weighted by molar-refractivity contribution is 0.410. The number of aryl methyl sites for hydroxylation is 1. The third kappa shape index (κ3) is 3.26. The van der Waals surface area contributed by atoms with Gasteiger partial charge in [0.25, 0.3) is 0 Å². The third-order valence-corrected chi connectivity index (χ3v) is 5.41. The van der Waals surface area contributed by atoms with Crippen molar-refractivity contribution in [2.75, 3.05) is 0 Å². The Kier molecular flexibility index (Phi) is 5.33. The van der Waals surface area contributed by atoms with Crippen molar-refractivity contribution in [1.82, 2.24) is 10.3 Å². The average molecular weight is 406 g/mol. The van der Waals surface area contributed by atoms with Crippen LogP contribution in [0.2, 0.25) is 0 Å². The minimum Gasteiger partial charge on any atom is -0.357 e. The second kappa shape index (κ2) is 7.30. The molecule has 3 aromatic rings. The molecule has 126 valence electrons. The van der Waals surface area contributed by atoms with E-state index in [1.807, 2.05) is 0 Å². The van der Waals surface area contributed by atoms with Gasteiger partial charge in [0.15, 0.2) is 0 Å². The van der Waals surface area contributed by atoms with Gasteiger partial charge in [-0.2, -0.15) is 0 Å². The predicted molar refractivity (Wildman–Crippen MR) is 107 cm³/mol. The molecule has 1 aliphatic carbocycles. The van der Waals surface area contributed by atoms with E-state index >= 15 is 0 Å². The number of H-pyrrole nitrogens is 1. The zero-order chi connectivity index (χ0) is 15.8. The predicted octanol–water partition coefficient (Wildman–Crippen LogP) is 6.08. The summed E-state index contributed by atoms with van der Waals surface area (Å²) in [6, 6.07) is 18.0. The van der Waals surface area contributed by atoms with E-state index in [1.54, 1.807) is 0 Å². The van der Waals surface area contributed by atoms with Gasteiger partial charge < -0.3 is 10.3 Å². The van der Waals surface area contributed by atoms with Crippen molar-refractivity contribution < 1.29 is 0 Å². The van der Waals surface area contributed by atoms with E-state index in [9.17, 15) is 0 Å². The van der Waals surface area contributed by atoms with Crippen molar-refractivity contribution in [2.24, 2.45) is 0 Å². The second-order valence-corrected chi connectivity index (χ2v) is 7.37. The van der Waals surface area contributed by atoms with E-state index in [2.05, 4.69) is 81.7 Å². The third-order valence-electron chi connectivity index (χ3n) is 4.92. The van der Waals surface area contributed by atoms with Gasteiger partial charge in [0.1, 0.15) is 0 Å². The van der Waals surface area contributed by atoms with Crippen LogP contribution in [0, 0.1) is 0 Å². The van der Waals surface area contributed by atoms with Gasteiger partial charge in [-0.05, 0) is 55.5 Å². The van der Waals surface area contributed by atoms with Crippen molar-refractivity contribution in [3.63, 3.8) is 0 Å². The highest BCUT2D eigenvalue weighted by atomic mass is 79.9. The van der Waals surface area contributed by atoms with Gasteiger partial charge in [-0.25, -0.2) is 0 Å². The van der Waals surface area contributed by atoms with E-state index in [4.69, 9.17) is 0 Å². The Hall–Kier alpha value is -1.29. The summed E-state index contributed by atoms with van der Waals surface area (Å²) in [5, 5.41) is 5.19. The lowest BCUT2D eigenvalue weighted by Gasteiger charge is -2.27. The largest absolute Gasteiger partial charge is 0.357 e. The number of rotatable bonds is 3. The zero-order valence-electron chi connectivity index (χ0n) is 13.7. The summed E-state index contributed by atoms with van der Waals surface area (Å²) in [4.78, 5) is 3.67. The van der Waals surface area contributed by atoms with E-state index in [1.165, 1.54) is 47.0 Å². The van der Waals surface area contributed by atoms with E-state index in [-0.39, 0.29) is 12.4 Å². The monoisotopic (exact) mass is 404 g/mol. The van der Waals surface area contributed by atoms with Crippen LogP contribution in [0.3, 0.4) is 0 Å². The molecule has 1 aliphatic rings. The lowest BCUT2D eigenvalue weighted by atomic mass is 9.91. The van der Waals surface area contributed by atoms with Gasteiger partial charge in [-0.15, -0.1) is 12.4 Å². The maximum atomic E-state index is 3.82. The number of aromatic amines is 1. The molecule has 2 N–H and O–H groups in total. The van der Waals surface area contributed by atoms with Crippen LogP contribution in [-0.4, -0.2) is 4.98 Å². The molecular weight excluding hydrogens is 384 g/mol. The van der Waals surface area contributed by atoms with Crippen LogP contribution in [0.1, 0.15) is 48.7 Å². The van der Waals surface area contributed by atoms with Crippen molar-refractivity contribution >= 4 is 39.2 Å². The summed E-state index contributed by atoms with van der Waals surface area (Å²) < 4.78 is 1.15. The van der Waals surface area contributed by atoms with Crippen LogP contribution < -0.4 is 5.32 Å². The molecule has 4 rings (SSSR count). The SMILES string of the molecule is C[C@H](NC1CCCc2c1[nH]c1ccc(Br)cc21)c1ccccc1.Cl. The van der Waals surface area contributed by atoms with E-state index < -0.39 is 0 Å². The van der Waals surface area contributed by atoms with Crippen LogP contribution in [0.5, 0.6) is 0 Å². The summed E-state index contributed by atoms with van der Waals surface area (Å²) in [5.74, 6) is 0. The summed E-state index contributed by atoms with van der Waals surface area (Å²) in [6.45, 7) is 2.25. The van der Waals surface area contributed by atoms with Gasteiger partial charge in [0.2, 0.25) is 0 Å². The first-order valence-corrected chi connectivity index (χ1v) is 9.12. The molecule has 0 aliphatic heterocycles. The Morgan fingerprint density at radius 1 is 1.17 bits per heavy atom. The van der Waals surface area contributed by atoms with Gasteiger partial charge in [-0.1, -0.05) is 46.3 Å². The standard InChI is InChI=1S/C20H21BrN2.ClH/c1-13(14-6-3-2-4-7-14)22-19-9-5-8-16-17-12-15(21)10-11-18(17)23-20(16)19;/h2-4,6-7,10-13,19,22-23H,5,8-9H2,1H3;1H/t13-,19?;/m0./s1. The molecule has 0 amide bonds. The number of fused-ring (bicyclic) bond motifs is 3. The van der Waals surface area contributed by atoms with Crippen LogP contribution in [0.4, 0.5) is 0 Å². The average Bonchev–Trinajstić information content (AvgIpc) is 2.95. The van der Waals surface area contributed by atoms with Gasteiger partial charge >= 0.3 is 0 Å². The van der Waals surface area contributed by atoms with E-state index in [0.717, 1.165) is 4.47 Å². The molecule has 2 nitrogen and oxygen atoms in total. The Labute approximate surface area is 157 Å². The minimum absolute atomic E-state index is 0. The molecule has 24 heavy (non-hydrogen) atoms. The number of aromatic nitrogens is 1. The molecule has 0 fully saturated rings. The highest BCUT2D eigenvalue weighted by molar-refractivity contribution is 9.10. The quantitative estimate of drug-likeness (QED) is 0.543. The molecule has 0 saturated carbocycles. The fourth-order valence-corrected chi connectivity index (χ4v) is 4.10. The summed E-state index contributed by atoms with van der Waals surface area (Å²) in [7, 11) is 0. The highest BCUT2D eigenvalue weighted by Crippen LogP contribution is 2.36. The van der Waals surface area contributed by atoms with Crippen LogP contribution in [0.15, 0.2) is 53.0 Å². The number of hydrogen-bond donors (Lipinski definition) is 2. The van der Waals surface area contributed by atoms with E-state index in [0.29, 0.717) is 12.1 Å². The zero-order valence-corrected chi connectivity index (χ0v) is 16.1. The molecule has 2 atom stereocenters. The number of nitrogens with one attached hydrogen (secondary N) is 2.